The predicted molar refractivity (Wildman–Crippen MR) is 203 cm³/mol. The van der Waals surface area contributed by atoms with Gasteiger partial charge in [-0.2, -0.15) is 0 Å². The molecule has 0 saturated carbocycles. The molecule has 0 aliphatic heterocycles. The highest BCUT2D eigenvalue weighted by molar-refractivity contribution is 5.93. The van der Waals surface area contributed by atoms with Crippen LogP contribution in [0.4, 0.5) is 0 Å². The van der Waals surface area contributed by atoms with E-state index < -0.39 is 29.9 Å². The number of unbranched alkanes of at least 4 members (excludes halogenated alkanes) is 1. The lowest BCUT2D eigenvalue weighted by atomic mass is 9.99. The van der Waals surface area contributed by atoms with E-state index in [2.05, 4.69) is 21.3 Å². The second-order valence-corrected chi connectivity index (χ2v) is 12.5. The van der Waals surface area contributed by atoms with Gasteiger partial charge in [0, 0.05) is 19.5 Å². The Morgan fingerprint density at radius 3 is 1.59 bits per heavy atom. The van der Waals surface area contributed by atoms with Crippen molar-refractivity contribution < 1.29 is 14.4 Å². The molecule has 0 saturated heterocycles. The molecule has 11 heteroatoms. The van der Waals surface area contributed by atoms with E-state index >= 15 is 0 Å². The largest absolute Gasteiger partial charge is 0.370 e. The monoisotopic (exact) mass is 690 g/mol. The molecule has 11 N–H and O–H groups in total. The van der Waals surface area contributed by atoms with Crippen molar-refractivity contribution in [3.8, 4) is 22.3 Å². The number of guanidine groups is 1. The summed E-state index contributed by atoms with van der Waals surface area (Å²) in [6.07, 6.45) is 2.64. The second kappa shape index (κ2) is 20.2. The molecule has 0 aromatic heterocycles. The Balaban J connectivity index is 1.45. The summed E-state index contributed by atoms with van der Waals surface area (Å²) in [7, 11) is 0. The highest BCUT2D eigenvalue weighted by Gasteiger charge is 2.28. The van der Waals surface area contributed by atoms with E-state index in [0.29, 0.717) is 32.5 Å². The molecular weight excluding hydrogens is 640 g/mol. The lowest BCUT2D eigenvalue weighted by Crippen LogP contribution is -2.56. The summed E-state index contributed by atoms with van der Waals surface area (Å²) in [4.78, 5) is 40.6. The van der Waals surface area contributed by atoms with E-state index in [9.17, 15) is 14.4 Å². The molecule has 3 amide bonds. The van der Waals surface area contributed by atoms with Crippen LogP contribution < -0.4 is 38.5 Å². The van der Waals surface area contributed by atoms with Crippen molar-refractivity contribution in [3.05, 3.63) is 120 Å². The molecule has 4 aromatic carbocycles. The number of rotatable bonds is 19. The molecule has 11 nitrogen and oxygen atoms in total. The molecule has 0 spiro atoms. The molecule has 51 heavy (non-hydrogen) atoms. The van der Waals surface area contributed by atoms with E-state index in [1.807, 2.05) is 109 Å². The van der Waals surface area contributed by atoms with Crippen molar-refractivity contribution in [1.29, 1.82) is 5.41 Å². The average molecular weight is 691 g/mol. The lowest BCUT2D eigenvalue weighted by Gasteiger charge is -2.24. The van der Waals surface area contributed by atoms with Crippen LogP contribution in [0.5, 0.6) is 0 Å². The smallest absolute Gasteiger partial charge is 0.243 e. The summed E-state index contributed by atoms with van der Waals surface area (Å²) in [6, 6.07) is 32.9. The fourth-order valence-corrected chi connectivity index (χ4v) is 5.67. The Morgan fingerprint density at radius 2 is 1.06 bits per heavy atom. The first-order chi connectivity index (χ1) is 24.7. The number of benzene rings is 4. The third kappa shape index (κ3) is 12.7. The van der Waals surface area contributed by atoms with Crippen LogP contribution in [-0.2, 0) is 27.2 Å². The van der Waals surface area contributed by atoms with E-state index in [1.54, 1.807) is 0 Å². The van der Waals surface area contributed by atoms with E-state index in [1.165, 1.54) is 0 Å². The van der Waals surface area contributed by atoms with Crippen LogP contribution in [0.1, 0.15) is 36.8 Å². The Morgan fingerprint density at radius 1 is 0.569 bits per heavy atom. The number of hydrogen-bond acceptors (Lipinski definition) is 6. The molecule has 268 valence electrons. The van der Waals surface area contributed by atoms with Crippen LogP contribution in [0.3, 0.4) is 0 Å². The van der Waals surface area contributed by atoms with Gasteiger partial charge in [-0.15, -0.1) is 0 Å². The Bertz CT molecular complexity index is 1680. The third-order valence-electron chi connectivity index (χ3n) is 8.54. The van der Waals surface area contributed by atoms with E-state index in [0.717, 1.165) is 39.8 Å². The molecule has 4 rings (SSSR count). The lowest BCUT2D eigenvalue weighted by molar-refractivity contribution is -0.132. The highest BCUT2D eigenvalue weighted by atomic mass is 16.2. The van der Waals surface area contributed by atoms with Crippen molar-refractivity contribution in [2.75, 3.05) is 19.6 Å². The van der Waals surface area contributed by atoms with E-state index in [4.69, 9.17) is 22.6 Å². The molecule has 0 bridgehead atoms. The summed E-state index contributed by atoms with van der Waals surface area (Å²) in [5.74, 6) is -1.51. The number of hydrogen-bond donors (Lipinski definition) is 8. The minimum Gasteiger partial charge on any atom is -0.370 e. The van der Waals surface area contributed by atoms with Crippen molar-refractivity contribution in [1.82, 2.24) is 21.3 Å². The molecule has 4 aromatic rings. The Kier molecular flexibility index (Phi) is 15.2. The van der Waals surface area contributed by atoms with Gasteiger partial charge in [0.2, 0.25) is 17.7 Å². The number of carbonyl (C=O) groups is 3. The first-order valence-corrected chi connectivity index (χ1v) is 17.4. The molecule has 0 unspecified atom stereocenters. The SMILES string of the molecule is N=C(N)NCCC[C@H](NC(=O)[C@@H](N)Cc1ccc(-c2ccccc2)cc1)C(=O)N[C@@H](Cc1ccc(-c2ccccc2)cc1)C(=O)NCCCCN. The standard InChI is InChI=1S/C40H50N8O3/c41-23-7-8-24-45-38(50)36(27-29-17-21-33(22-18-29)31-12-5-2-6-13-31)48-39(51)35(14-9-25-46-40(43)44)47-37(49)34(42)26-28-15-19-32(20-16-28)30-10-3-1-4-11-30/h1-6,10-13,15-22,34-36H,7-9,14,23-27,41-42H2,(H,45,50)(H,47,49)(H,48,51)(H4,43,44,46)/t34-,35-,36-/m0/s1. The summed E-state index contributed by atoms with van der Waals surface area (Å²) < 4.78 is 0. The molecule has 0 aliphatic rings. The molecule has 0 radical (unpaired) electrons. The quantitative estimate of drug-likeness (QED) is 0.0419. The summed E-state index contributed by atoms with van der Waals surface area (Å²) >= 11 is 0. The Labute approximate surface area is 300 Å². The third-order valence-corrected chi connectivity index (χ3v) is 8.54. The fourth-order valence-electron chi connectivity index (χ4n) is 5.67. The van der Waals surface area contributed by atoms with Gasteiger partial charge in [-0.25, -0.2) is 0 Å². The van der Waals surface area contributed by atoms with Gasteiger partial charge in [0.15, 0.2) is 5.96 Å². The van der Waals surface area contributed by atoms with Crippen LogP contribution >= 0.6 is 0 Å². The molecule has 0 heterocycles. The average Bonchev–Trinajstić information content (AvgIpc) is 3.15. The summed E-state index contributed by atoms with van der Waals surface area (Å²) in [5, 5.41) is 18.8. The number of amides is 3. The first-order valence-electron chi connectivity index (χ1n) is 17.4. The van der Waals surface area contributed by atoms with Crippen molar-refractivity contribution in [2.45, 2.75) is 56.7 Å². The maximum absolute atomic E-state index is 13.8. The van der Waals surface area contributed by atoms with Crippen LogP contribution in [-0.4, -0.2) is 61.4 Å². The van der Waals surface area contributed by atoms with Crippen LogP contribution in [0, 0.1) is 5.41 Å². The highest BCUT2D eigenvalue weighted by Crippen LogP contribution is 2.21. The zero-order valence-corrected chi connectivity index (χ0v) is 28.9. The summed E-state index contributed by atoms with van der Waals surface area (Å²) in [5.41, 5.74) is 23.4. The second-order valence-electron chi connectivity index (χ2n) is 12.5. The molecule has 3 atom stereocenters. The first kappa shape index (κ1) is 38.3. The predicted octanol–water partition coefficient (Wildman–Crippen LogP) is 3.22. The molecule has 0 aliphatic carbocycles. The van der Waals surface area contributed by atoms with Gasteiger partial charge in [-0.05, 0) is 72.0 Å². The van der Waals surface area contributed by atoms with Gasteiger partial charge >= 0.3 is 0 Å². The summed E-state index contributed by atoms with van der Waals surface area (Å²) in [6.45, 7) is 1.27. The number of nitrogens with one attached hydrogen (secondary N) is 5. The van der Waals surface area contributed by atoms with Gasteiger partial charge in [-0.1, -0.05) is 109 Å². The van der Waals surface area contributed by atoms with Gasteiger partial charge in [0.05, 0.1) is 6.04 Å². The number of nitrogens with two attached hydrogens (primary N) is 3. The van der Waals surface area contributed by atoms with E-state index in [-0.39, 0.29) is 31.1 Å². The van der Waals surface area contributed by atoms with Gasteiger partial charge in [-0.3, -0.25) is 19.8 Å². The van der Waals surface area contributed by atoms with Gasteiger partial charge < -0.3 is 38.5 Å². The molecular formula is C40H50N8O3. The van der Waals surface area contributed by atoms with Crippen molar-refractivity contribution in [3.63, 3.8) is 0 Å². The molecule has 0 fully saturated rings. The van der Waals surface area contributed by atoms with Gasteiger partial charge in [0.25, 0.3) is 0 Å². The maximum Gasteiger partial charge on any atom is 0.243 e. The number of carbonyl (C=O) groups excluding carboxylic acids is 3. The zero-order chi connectivity index (χ0) is 36.4. The fraction of sp³-hybridized carbons (Fsp3) is 0.300. The topological polar surface area (TPSA) is 201 Å². The van der Waals surface area contributed by atoms with Crippen molar-refractivity contribution >= 4 is 23.7 Å². The minimum atomic E-state index is -0.981. The van der Waals surface area contributed by atoms with Gasteiger partial charge in [0.1, 0.15) is 12.1 Å². The van der Waals surface area contributed by atoms with Crippen LogP contribution in [0.2, 0.25) is 0 Å². The van der Waals surface area contributed by atoms with Crippen molar-refractivity contribution in [2.24, 2.45) is 17.2 Å². The Hall–Kier alpha value is -5.52. The van der Waals surface area contributed by atoms with Crippen LogP contribution in [0.25, 0.3) is 22.3 Å². The maximum atomic E-state index is 13.8. The normalized spacial score (nSPS) is 12.6. The minimum absolute atomic E-state index is 0.190. The van der Waals surface area contributed by atoms with Crippen LogP contribution in [0.15, 0.2) is 109 Å². The zero-order valence-electron chi connectivity index (χ0n) is 28.9.